The number of aromatic nitrogens is 3. The van der Waals surface area contributed by atoms with Crippen LogP contribution < -0.4 is 9.47 Å². The molecule has 0 saturated heterocycles. The molecule has 0 aromatic carbocycles. The average molecular weight is 269 g/mol. The second kappa shape index (κ2) is 5.21. The van der Waals surface area contributed by atoms with E-state index in [0.717, 1.165) is 0 Å². The Morgan fingerprint density at radius 2 is 1.89 bits per heavy atom. The lowest BCUT2D eigenvalue weighted by Gasteiger charge is -2.09. The van der Waals surface area contributed by atoms with Gasteiger partial charge in [0, 0.05) is 22.9 Å². The summed E-state index contributed by atoms with van der Waals surface area (Å²) >= 11 is 0. The third kappa shape index (κ3) is 2.35. The highest BCUT2D eigenvalue weighted by atomic mass is 19.3. The highest BCUT2D eigenvalue weighted by Crippen LogP contribution is 2.33. The maximum Gasteiger partial charge on any atom is 0.333 e. The van der Waals surface area contributed by atoms with Gasteiger partial charge in [0.25, 0.3) is 0 Å². The fraction of sp³-hybridized carbons (Fsp3) is 0.333. The fourth-order valence-corrected chi connectivity index (χ4v) is 1.78. The smallest absolute Gasteiger partial charge is 0.333 e. The van der Waals surface area contributed by atoms with Gasteiger partial charge in [0.15, 0.2) is 0 Å². The summed E-state index contributed by atoms with van der Waals surface area (Å²) in [6.07, 6.45) is 1.37. The van der Waals surface area contributed by atoms with E-state index < -0.39 is 6.55 Å². The number of rotatable bonds is 4. The second-order valence-corrected chi connectivity index (χ2v) is 3.78. The zero-order chi connectivity index (χ0) is 14.0. The molecule has 2 heterocycles. The van der Waals surface area contributed by atoms with Crippen molar-refractivity contribution in [3.05, 3.63) is 24.0 Å². The number of hydrogen-bond donors (Lipinski definition) is 0. The second-order valence-electron chi connectivity index (χ2n) is 3.78. The van der Waals surface area contributed by atoms with Crippen LogP contribution in [0.25, 0.3) is 11.1 Å². The first-order valence-corrected chi connectivity index (χ1v) is 5.50. The molecule has 0 atom stereocenters. The summed E-state index contributed by atoms with van der Waals surface area (Å²) in [4.78, 5) is 4.11. The average Bonchev–Trinajstić information content (AvgIpc) is 2.79. The van der Waals surface area contributed by atoms with Gasteiger partial charge >= 0.3 is 6.55 Å². The van der Waals surface area contributed by atoms with Crippen LogP contribution in [0.1, 0.15) is 12.2 Å². The van der Waals surface area contributed by atoms with Gasteiger partial charge in [-0.15, -0.1) is 0 Å². The lowest BCUT2D eigenvalue weighted by Crippen LogP contribution is -2.02. The number of hydrogen-bond acceptors (Lipinski definition) is 4. The molecule has 0 radical (unpaired) electrons. The van der Waals surface area contributed by atoms with Crippen LogP contribution in [0.2, 0.25) is 0 Å². The highest BCUT2D eigenvalue weighted by molar-refractivity contribution is 5.70. The van der Waals surface area contributed by atoms with E-state index in [9.17, 15) is 8.78 Å². The van der Waals surface area contributed by atoms with Gasteiger partial charge < -0.3 is 9.47 Å². The van der Waals surface area contributed by atoms with Crippen LogP contribution in [-0.2, 0) is 0 Å². The lowest BCUT2D eigenvalue weighted by atomic mass is 10.1. The maximum absolute atomic E-state index is 12.7. The lowest BCUT2D eigenvalue weighted by molar-refractivity contribution is 0.0545. The predicted octanol–water partition coefficient (Wildman–Crippen LogP) is 2.67. The largest absolute Gasteiger partial charge is 0.481 e. The van der Waals surface area contributed by atoms with E-state index >= 15 is 0 Å². The van der Waals surface area contributed by atoms with Gasteiger partial charge in [-0.2, -0.15) is 18.9 Å². The van der Waals surface area contributed by atoms with Crippen molar-refractivity contribution in [3.63, 3.8) is 0 Å². The molecule has 0 saturated carbocycles. The van der Waals surface area contributed by atoms with E-state index in [1.807, 2.05) is 0 Å². The van der Waals surface area contributed by atoms with Crippen molar-refractivity contribution in [1.29, 1.82) is 0 Å². The first kappa shape index (κ1) is 13.3. The summed E-state index contributed by atoms with van der Waals surface area (Å²) in [5.41, 5.74) is 1.49. The summed E-state index contributed by atoms with van der Waals surface area (Å²) in [5.74, 6) is 0.691. The molecular formula is C12H13F2N3O2. The minimum atomic E-state index is -2.68. The van der Waals surface area contributed by atoms with Crippen LogP contribution in [0.15, 0.2) is 18.3 Å². The van der Waals surface area contributed by atoms with Gasteiger partial charge in [-0.3, -0.25) is 0 Å². The van der Waals surface area contributed by atoms with Crippen molar-refractivity contribution in [2.75, 3.05) is 14.2 Å². The highest BCUT2D eigenvalue weighted by Gasteiger charge is 2.18. The third-order valence-electron chi connectivity index (χ3n) is 2.76. The van der Waals surface area contributed by atoms with Crippen LogP contribution in [0, 0.1) is 6.92 Å². The molecule has 0 bridgehead atoms. The van der Waals surface area contributed by atoms with Crippen LogP contribution in [0.4, 0.5) is 8.78 Å². The molecule has 7 heteroatoms. The molecule has 0 unspecified atom stereocenters. The predicted molar refractivity (Wildman–Crippen MR) is 64.6 cm³/mol. The van der Waals surface area contributed by atoms with Crippen molar-refractivity contribution in [1.82, 2.24) is 14.8 Å². The Morgan fingerprint density at radius 3 is 2.42 bits per heavy atom. The van der Waals surface area contributed by atoms with Gasteiger partial charge in [-0.1, -0.05) is 0 Å². The normalized spacial score (nSPS) is 10.8. The molecule has 2 aromatic rings. The Labute approximate surface area is 108 Å². The summed E-state index contributed by atoms with van der Waals surface area (Å²) in [6.45, 7) is -1.11. The van der Waals surface area contributed by atoms with Crippen LogP contribution in [-0.4, -0.2) is 29.0 Å². The van der Waals surface area contributed by atoms with E-state index in [0.29, 0.717) is 33.3 Å². The van der Waals surface area contributed by atoms with Gasteiger partial charge in [0.05, 0.1) is 20.4 Å². The number of nitrogens with zero attached hydrogens (tertiary/aromatic N) is 3. The minimum absolute atomic E-state index is 0.302. The number of ether oxygens (including phenoxy) is 2. The fourth-order valence-electron chi connectivity index (χ4n) is 1.78. The number of halogens is 2. The van der Waals surface area contributed by atoms with Gasteiger partial charge in [-0.05, 0) is 13.0 Å². The number of pyridine rings is 1. The Kier molecular flexibility index (Phi) is 3.64. The van der Waals surface area contributed by atoms with Crippen LogP contribution in [0.5, 0.6) is 11.8 Å². The van der Waals surface area contributed by atoms with E-state index in [1.165, 1.54) is 20.4 Å². The third-order valence-corrected chi connectivity index (χ3v) is 2.76. The standard InChI is InChI=1S/C12H13F2N3O2/c1-7-9(6-15-17(7)12(13)14)8-4-5-10(18-2)16-11(8)19-3/h4-6,12H,1-3H3. The monoisotopic (exact) mass is 269 g/mol. The molecule has 0 aliphatic heterocycles. The molecule has 0 spiro atoms. The van der Waals surface area contributed by atoms with Crippen molar-refractivity contribution >= 4 is 0 Å². The van der Waals surface area contributed by atoms with E-state index in [-0.39, 0.29) is 0 Å². The number of alkyl halides is 2. The van der Waals surface area contributed by atoms with Crippen molar-refractivity contribution in [3.8, 4) is 22.9 Å². The molecule has 5 nitrogen and oxygen atoms in total. The van der Waals surface area contributed by atoms with Crippen molar-refractivity contribution in [2.24, 2.45) is 0 Å². The number of methoxy groups -OCH3 is 2. The van der Waals surface area contributed by atoms with Crippen LogP contribution in [0.3, 0.4) is 0 Å². The Hall–Kier alpha value is -2.18. The summed E-state index contributed by atoms with van der Waals surface area (Å²) in [7, 11) is 2.94. The van der Waals surface area contributed by atoms with Gasteiger partial charge in [-0.25, -0.2) is 4.68 Å². The topological polar surface area (TPSA) is 49.2 Å². The quantitative estimate of drug-likeness (QED) is 0.856. The zero-order valence-corrected chi connectivity index (χ0v) is 10.7. The molecule has 0 N–H and O–H groups in total. The first-order chi connectivity index (χ1) is 9.08. The maximum atomic E-state index is 12.7. The molecular weight excluding hydrogens is 256 g/mol. The molecule has 0 aliphatic carbocycles. The van der Waals surface area contributed by atoms with E-state index in [1.54, 1.807) is 19.1 Å². The first-order valence-electron chi connectivity index (χ1n) is 5.50. The van der Waals surface area contributed by atoms with E-state index in [4.69, 9.17) is 9.47 Å². The summed E-state index contributed by atoms with van der Waals surface area (Å²) in [6, 6.07) is 3.33. The molecule has 2 aromatic heterocycles. The van der Waals surface area contributed by atoms with E-state index in [2.05, 4.69) is 10.1 Å². The van der Waals surface area contributed by atoms with Crippen molar-refractivity contribution in [2.45, 2.75) is 13.5 Å². The molecule has 0 amide bonds. The van der Waals surface area contributed by atoms with Gasteiger partial charge in [0.1, 0.15) is 0 Å². The molecule has 19 heavy (non-hydrogen) atoms. The zero-order valence-electron chi connectivity index (χ0n) is 10.7. The minimum Gasteiger partial charge on any atom is -0.481 e. The summed E-state index contributed by atoms with van der Waals surface area (Å²) in [5, 5.41) is 3.66. The molecule has 2 rings (SSSR count). The van der Waals surface area contributed by atoms with Gasteiger partial charge in [0.2, 0.25) is 11.8 Å². The van der Waals surface area contributed by atoms with Crippen molar-refractivity contribution < 1.29 is 18.3 Å². The molecule has 102 valence electrons. The summed E-state index contributed by atoms with van der Waals surface area (Å²) < 4.78 is 36.2. The Morgan fingerprint density at radius 1 is 1.16 bits per heavy atom. The SMILES string of the molecule is COc1ccc(-c2cnn(C(F)F)c2C)c(OC)n1. The molecule has 0 aliphatic rings. The Balaban J connectivity index is 2.52. The Bertz CT molecular complexity index is 584. The molecule has 0 fully saturated rings. The van der Waals surface area contributed by atoms with Crippen LogP contribution >= 0.6 is 0 Å².